The second-order valence-corrected chi connectivity index (χ2v) is 4.21. The van der Waals surface area contributed by atoms with E-state index in [0.29, 0.717) is 17.4 Å². The van der Waals surface area contributed by atoms with Gasteiger partial charge in [-0.05, 0) is 43.0 Å². The van der Waals surface area contributed by atoms with Gasteiger partial charge in [-0.1, -0.05) is 0 Å². The predicted molar refractivity (Wildman–Crippen MR) is 48.7 cm³/mol. The highest BCUT2D eigenvalue weighted by Gasteiger charge is 2.49. The SMILES string of the molecule is Fc1ccc(F)c(C2NCC3CC32)c1. The van der Waals surface area contributed by atoms with Crippen molar-refractivity contribution in [1.82, 2.24) is 5.32 Å². The molecule has 1 nitrogen and oxygen atoms in total. The summed E-state index contributed by atoms with van der Waals surface area (Å²) in [5, 5.41) is 3.23. The number of benzene rings is 1. The van der Waals surface area contributed by atoms with Crippen LogP contribution in [0.4, 0.5) is 8.78 Å². The summed E-state index contributed by atoms with van der Waals surface area (Å²) in [6, 6.07) is 3.73. The lowest BCUT2D eigenvalue weighted by molar-refractivity contribution is 0.508. The summed E-state index contributed by atoms with van der Waals surface area (Å²) in [6.07, 6.45) is 1.16. The van der Waals surface area contributed by atoms with Gasteiger partial charge in [0.05, 0.1) is 0 Å². The van der Waals surface area contributed by atoms with Crippen LogP contribution in [-0.4, -0.2) is 6.54 Å². The molecule has 1 aliphatic heterocycles. The summed E-state index contributed by atoms with van der Waals surface area (Å²) in [5.41, 5.74) is 0.495. The Balaban J connectivity index is 1.98. The number of piperidine rings is 1. The van der Waals surface area contributed by atoms with Gasteiger partial charge in [0.1, 0.15) is 11.6 Å². The Labute approximate surface area is 81.1 Å². The van der Waals surface area contributed by atoms with Crippen molar-refractivity contribution in [2.45, 2.75) is 12.5 Å². The molecule has 1 aromatic carbocycles. The zero-order valence-electron chi connectivity index (χ0n) is 7.63. The predicted octanol–water partition coefficient (Wildman–Crippen LogP) is 2.25. The van der Waals surface area contributed by atoms with E-state index in [1.165, 1.54) is 12.1 Å². The van der Waals surface area contributed by atoms with Gasteiger partial charge in [-0.25, -0.2) is 8.78 Å². The molecule has 1 saturated carbocycles. The standard InChI is InChI=1S/C11H11F2N/c12-7-1-2-10(13)9(4-7)11-8-3-6(8)5-14-11/h1-2,4,6,8,11,14H,3,5H2. The van der Waals surface area contributed by atoms with Gasteiger partial charge < -0.3 is 5.32 Å². The minimum absolute atomic E-state index is 0.0377. The van der Waals surface area contributed by atoms with Gasteiger partial charge in [0, 0.05) is 11.6 Å². The molecule has 74 valence electrons. The lowest BCUT2D eigenvalue weighted by Gasteiger charge is -2.14. The molecule has 3 heteroatoms. The zero-order valence-corrected chi connectivity index (χ0v) is 7.63. The third-order valence-electron chi connectivity index (χ3n) is 3.30. The van der Waals surface area contributed by atoms with Gasteiger partial charge in [0.2, 0.25) is 0 Å². The van der Waals surface area contributed by atoms with Crippen molar-refractivity contribution >= 4 is 0 Å². The molecule has 1 aromatic rings. The first-order valence-electron chi connectivity index (χ1n) is 4.94. The lowest BCUT2D eigenvalue weighted by Crippen LogP contribution is -2.19. The molecular weight excluding hydrogens is 184 g/mol. The molecule has 14 heavy (non-hydrogen) atoms. The summed E-state index contributed by atoms with van der Waals surface area (Å²) < 4.78 is 26.4. The van der Waals surface area contributed by atoms with Crippen molar-refractivity contribution in [2.75, 3.05) is 6.54 Å². The number of rotatable bonds is 1. The lowest BCUT2D eigenvalue weighted by atomic mass is 10.0. The van der Waals surface area contributed by atoms with Crippen LogP contribution < -0.4 is 5.32 Å². The fourth-order valence-corrected chi connectivity index (χ4v) is 2.44. The topological polar surface area (TPSA) is 12.0 Å². The first-order chi connectivity index (χ1) is 6.75. The zero-order chi connectivity index (χ0) is 9.71. The minimum Gasteiger partial charge on any atom is -0.309 e. The van der Waals surface area contributed by atoms with E-state index in [1.807, 2.05) is 0 Å². The van der Waals surface area contributed by atoms with Gasteiger partial charge in [0.15, 0.2) is 0 Å². The van der Waals surface area contributed by atoms with Gasteiger partial charge in [-0.3, -0.25) is 0 Å². The van der Waals surface area contributed by atoms with Crippen LogP contribution in [0.5, 0.6) is 0 Å². The summed E-state index contributed by atoms with van der Waals surface area (Å²) in [6.45, 7) is 0.950. The minimum atomic E-state index is -0.354. The molecule has 0 radical (unpaired) electrons. The Kier molecular flexibility index (Phi) is 1.65. The van der Waals surface area contributed by atoms with Crippen LogP contribution in [0, 0.1) is 23.5 Å². The molecule has 3 rings (SSSR count). The molecule has 3 atom stereocenters. The van der Waals surface area contributed by atoms with E-state index in [4.69, 9.17) is 0 Å². The van der Waals surface area contributed by atoms with Crippen LogP contribution in [0.2, 0.25) is 0 Å². The molecule has 0 spiro atoms. The Morgan fingerprint density at radius 2 is 2.14 bits per heavy atom. The van der Waals surface area contributed by atoms with Crippen molar-refractivity contribution < 1.29 is 8.78 Å². The number of halogens is 2. The Morgan fingerprint density at radius 1 is 1.29 bits per heavy atom. The van der Waals surface area contributed by atoms with Crippen molar-refractivity contribution in [1.29, 1.82) is 0 Å². The van der Waals surface area contributed by atoms with E-state index in [2.05, 4.69) is 5.32 Å². The summed E-state index contributed by atoms with van der Waals surface area (Å²) in [7, 11) is 0. The molecule has 2 fully saturated rings. The van der Waals surface area contributed by atoms with Crippen LogP contribution in [0.25, 0.3) is 0 Å². The van der Waals surface area contributed by atoms with E-state index < -0.39 is 0 Å². The molecule has 1 N–H and O–H groups in total. The van der Waals surface area contributed by atoms with E-state index in [9.17, 15) is 8.78 Å². The number of hydrogen-bond donors (Lipinski definition) is 1. The van der Waals surface area contributed by atoms with Crippen molar-refractivity contribution in [2.24, 2.45) is 11.8 Å². The summed E-state index contributed by atoms with van der Waals surface area (Å²) in [4.78, 5) is 0. The second kappa shape index (κ2) is 2.76. The maximum atomic E-state index is 13.4. The molecule has 1 heterocycles. The third kappa shape index (κ3) is 1.16. The van der Waals surface area contributed by atoms with Gasteiger partial charge >= 0.3 is 0 Å². The highest BCUT2D eigenvalue weighted by atomic mass is 19.1. The quantitative estimate of drug-likeness (QED) is 0.724. The normalized spacial score (nSPS) is 34.3. The first kappa shape index (κ1) is 8.36. The van der Waals surface area contributed by atoms with E-state index in [1.54, 1.807) is 0 Å². The van der Waals surface area contributed by atoms with Gasteiger partial charge in [-0.15, -0.1) is 0 Å². The highest BCUT2D eigenvalue weighted by molar-refractivity contribution is 5.26. The van der Waals surface area contributed by atoms with Crippen LogP contribution in [-0.2, 0) is 0 Å². The van der Waals surface area contributed by atoms with Gasteiger partial charge in [-0.2, -0.15) is 0 Å². The molecule has 3 unspecified atom stereocenters. The molecular formula is C11H11F2N. The molecule has 2 aliphatic rings. The molecule has 1 saturated heterocycles. The molecule has 1 aliphatic carbocycles. The van der Waals surface area contributed by atoms with Crippen LogP contribution >= 0.6 is 0 Å². The summed E-state index contributed by atoms with van der Waals surface area (Å²) >= 11 is 0. The van der Waals surface area contributed by atoms with Crippen molar-refractivity contribution in [3.63, 3.8) is 0 Å². The van der Waals surface area contributed by atoms with Crippen LogP contribution in [0.3, 0.4) is 0 Å². The van der Waals surface area contributed by atoms with E-state index in [0.717, 1.165) is 19.0 Å². The van der Waals surface area contributed by atoms with Crippen LogP contribution in [0.1, 0.15) is 18.0 Å². The van der Waals surface area contributed by atoms with E-state index in [-0.39, 0.29) is 17.7 Å². The van der Waals surface area contributed by atoms with Gasteiger partial charge in [0.25, 0.3) is 0 Å². The third-order valence-corrected chi connectivity index (χ3v) is 3.30. The maximum absolute atomic E-state index is 13.4. The fourth-order valence-electron chi connectivity index (χ4n) is 2.44. The smallest absolute Gasteiger partial charge is 0.128 e. The number of hydrogen-bond acceptors (Lipinski definition) is 1. The summed E-state index contributed by atoms with van der Waals surface area (Å²) in [5.74, 6) is 0.581. The monoisotopic (exact) mass is 195 g/mol. The molecule has 0 aromatic heterocycles. The fraction of sp³-hybridized carbons (Fsp3) is 0.455. The van der Waals surface area contributed by atoms with E-state index >= 15 is 0 Å². The van der Waals surface area contributed by atoms with Crippen LogP contribution in [0.15, 0.2) is 18.2 Å². The number of nitrogens with one attached hydrogen (secondary N) is 1. The maximum Gasteiger partial charge on any atom is 0.128 e. The Morgan fingerprint density at radius 3 is 2.79 bits per heavy atom. The van der Waals surface area contributed by atoms with Crippen molar-refractivity contribution in [3.05, 3.63) is 35.4 Å². The van der Waals surface area contributed by atoms with Crippen molar-refractivity contribution in [3.8, 4) is 0 Å². The average Bonchev–Trinajstić information content (AvgIpc) is 2.83. The first-order valence-corrected chi connectivity index (χ1v) is 4.94. The highest BCUT2D eigenvalue weighted by Crippen LogP contribution is 2.51. The Bertz CT molecular complexity index is 378. The molecule has 0 bridgehead atoms. The number of fused-ring (bicyclic) bond motifs is 1. The molecule has 0 amide bonds. The average molecular weight is 195 g/mol. The largest absolute Gasteiger partial charge is 0.309 e. The Hall–Kier alpha value is -0.960. The second-order valence-electron chi connectivity index (χ2n) is 4.21.